The number of anilines is 3. The zero-order chi connectivity index (χ0) is 22.2. The van der Waals surface area contributed by atoms with Crippen LogP contribution in [-0.2, 0) is 11.8 Å². The SMILES string of the molecule is CCNc1cc(-c2nc(C(=O)Nc3cn(C)nc3N3CCC(C)(C)C3=O)co2)ccn1. The number of oxazole rings is 1. The first kappa shape index (κ1) is 20.6. The van der Waals surface area contributed by atoms with Crippen LogP contribution in [0.2, 0.25) is 0 Å². The molecule has 0 saturated carbocycles. The van der Waals surface area contributed by atoms with Gasteiger partial charge in [0.2, 0.25) is 11.8 Å². The Labute approximate surface area is 179 Å². The van der Waals surface area contributed by atoms with Crippen molar-refractivity contribution in [1.82, 2.24) is 19.7 Å². The molecular weight excluding hydrogens is 398 g/mol. The third kappa shape index (κ3) is 4.00. The van der Waals surface area contributed by atoms with E-state index in [9.17, 15) is 9.59 Å². The predicted molar refractivity (Wildman–Crippen MR) is 116 cm³/mol. The van der Waals surface area contributed by atoms with Gasteiger partial charge in [-0.3, -0.25) is 19.2 Å². The minimum atomic E-state index is -0.449. The molecule has 1 aliphatic heterocycles. The Kier molecular flexibility index (Phi) is 5.22. The van der Waals surface area contributed by atoms with Crippen molar-refractivity contribution < 1.29 is 14.0 Å². The van der Waals surface area contributed by atoms with Crippen molar-refractivity contribution in [3.05, 3.63) is 36.5 Å². The lowest BCUT2D eigenvalue weighted by molar-refractivity contribution is -0.124. The summed E-state index contributed by atoms with van der Waals surface area (Å²) in [6.45, 7) is 7.09. The number of pyridine rings is 1. The molecule has 0 radical (unpaired) electrons. The summed E-state index contributed by atoms with van der Waals surface area (Å²) in [4.78, 5) is 35.7. The maximum Gasteiger partial charge on any atom is 0.277 e. The predicted octanol–water partition coefficient (Wildman–Crippen LogP) is 2.92. The molecule has 2 amide bonds. The number of aromatic nitrogens is 4. The molecule has 1 aliphatic rings. The molecule has 162 valence electrons. The smallest absolute Gasteiger partial charge is 0.277 e. The van der Waals surface area contributed by atoms with Gasteiger partial charge in [0.15, 0.2) is 11.5 Å². The van der Waals surface area contributed by atoms with E-state index in [1.54, 1.807) is 41.2 Å². The molecule has 4 heterocycles. The Morgan fingerprint density at radius 2 is 2.16 bits per heavy atom. The number of carbonyl (C=O) groups excluding carboxylic acids is 2. The highest BCUT2D eigenvalue weighted by molar-refractivity contribution is 6.07. The normalized spacial score (nSPS) is 15.4. The molecule has 3 aromatic heterocycles. The third-order valence-electron chi connectivity index (χ3n) is 5.20. The van der Waals surface area contributed by atoms with Crippen LogP contribution in [0, 0.1) is 5.41 Å². The molecule has 0 aromatic carbocycles. The standard InChI is InChI=1S/C21H25N7O3/c1-5-22-16-10-13(6-8-23-16)19-25-15(12-31-19)18(29)24-14-11-27(4)26-17(14)28-9-7-21(2,3)20(28)30/h6,8,10-12H,5,7,9H2,1-4H3,(H,22,23)(H,24,29). The fourth-order valence-electron chi connectivity index (χ4n) is 3.47. The van der Waals surface area contributed by atoms with E-state index in [4.69, 9.17) is 4.42 Å². The second-order valence-electron chi connectivity index (χ2n) is 8.08. The fourth-order valence-corrected chi connectivity index (χ4v) is 3.47. The number of carbonyl (C=O) groups is 2. The molecule has 0 spiro atoms. The summed E-state index contributed by atoms with van der Waals surface area (Å²) < 4.78 is 7.08. The first-order chi connectivity index (χ1) is 14.8. The molecule has 31 heavy (non-hydrogen) atoms. The van der Waals surface area contributed by atoms with Gasteiger partial charge in [-0.1, -0.05) is 13.8 Å². The Morgan fingerprint density at radius 3 is 2.87 bits per heavy atom. The topological polar surface area (TPSA) is 118 Å². The number of nitrogens with one attached hydrogen (secondary N) is 2. The second kappa shape index (κ2) is 7.86. The Balaban J connectivity index is 1.54. The van der Waals surface area contributed by atoms with Gasteiger partial charge < -0.3 is 15.1 Å². The molecular formula is C21H25N7O3. The van der Waals surface area contributed by atoms with Crippen LogP contribution in [0.5, 0.6) is 0 Å². The molecule has 1 saturated heterocycles. The van der Waals surface area contributed by atoms with Crippen molar-refractivity contribution in [2.45, 2.75) is 27.2 Å². The van der Waals surface area contributed by atoms with Crippen LogP contribution in [0.3, 0.4) is 0 Å². The highest BCUT2D eigenvalue weighted by Crippen LogP contribution is 2.36. The molecule has 4 rings (SSSR count). The van der Waals surface area contributed by atoms with E-state index >= 15 is 0 Å². The molecule has 0 bridgehead atoms. The monoisotopic (exact) mass is 423 g/mol. The van der Waals surface area contributed by atoms with Crippen LogP contribution in [0.15, 0.2) is 35.2 Å². The number of rotatable bonds is 6. The lowest BCUT2D eigenvalue weighted by Gasteiger charge is -2.18. The zero-order valence-electron chi connectivity index (χ0n) is 18.0. The van der Waals surface area contributed by atoms with Crippen LogP contribution in [-0.4, -0.2) is 44.7 Å². The van der Waals surface area contributed by atoms with Gasteiger partial charge in [-0.05, 0) is 25.5 Å². The summed E-state index contributed by atoms with van der Waals surface area (Å²) in [6.07, 6.45) is 5.34. The van der Waals surface area contributed by atoms with Crippen molar-refractivity contribution in [2.75, 3.05) is 28.6 Å². The number of nitrogens with zero attached hydrogens (tertiary/aromatic N) is 5. The molecule has 10 heteroatoms. The average Bonchev–Trinajstić information content (AvgIpc) is 3.42. The van der Waals surface area contributed by atoms with E-state index in [0.29, 0.717) is 35.3 Å². The van der Waals surface area contributed by atoms with E-state index in [-0.39, 0.29) is 11.6 Å². The van der Waals surface area contributed by atoms with Crippen molar-refractivity contribution in [2.24, 2.45) is 12.5 Å². The minimum absolute atomic E-state index is 0.0143. The van der Waals surface area contributed by atoms with E-state index in [1.165, 1.54) is 6.26 Å². The first-order valence-corrected chi connectivity index (χ1v) is 10.1. The van der Waals surface area contributed by atoms with E-state index in [0.717, 1.165) is 13.0 Å². The third-order valence-corrected chi connectivity index (χ3v) is 5.20. The maximum absolute atomic E-state index is 12.8. The fraction of sp³-hybridized carbons (Fsp3) is 0.381. The van der Waals surface area contributed by atoms with Gasteiger partial charge in [0, 0.05) is 37.3 Å². The lowest BCUT2D eigenvalue weighted by atomic mass is 9.92. The quantitative estimate of drug-likeness (QED) is 0.626. The van der Waals surface area contributed by atoms with Gasteiger partial charge >= 0.3 is 0 Å². The number of hydrogen-bond acceptors (Lipinski definition) is 7. The molecule has 2 N–H and O–H groups in total. The summed E-state index contributed by atoms with van der Waals surface area (Å²) in [7, 11) is 1.74. The van der Waals surface area contributed by atoms with E-state index < -0.39 is 11.3 Å². The van der Waals surface area contributed by atoms with Gasteiger partial charge in [-0.15, -0.1) is 0 Å². The van der Waals surface area contributed by atoms with Crippen molar-refractivity contribution in [1.29, 1.82) is 0 Å². The van der Waals surface area contributed by atoms with Gasteiger partial charge in [0.05, 0.1) is 6.20 Å². The van der Waals surface area contributed by atoms with Crippen LogP contribution >= 0.6 is 0 Å². The van der Waals surface area contributed by atoms with E-state index in [1.807, 2.05) is 20.8 Å². The first-order valence-electron chi connectivity index (χ1n) is 10.1. The Bertz CT molecular complexity index is 1130. The lowest BCUT2D eigenvalue weighted by Crippen LogP contribution is -2.32. The van der Waals surface area contributed by atoms with Gasteiger partial charge in [0.25, 0.3) is 5.91 Å². The summed E-state index contributed by atoms with van der Waals surface area (Å²) >= 11 is 0. The molecule has 3 aromatic rings. The van der Waals surface area contributed by atoms with Crippen LogP contribution < -0.4 is 15.5 Å². The summed E-state index contributed by atoms with van der Waals surface area (Å²) in [6, 6.07) is 3.56. The molecule has 1 fully saturated rings. The summed E-state index contributed by atoms with van der Waals surface area (Å²) in [5.41, 5.74) is 0.827. The Hall–Kier alpha value is -3.69. The molecule has 0 unspecified atom stereocenters. The van der Waals surface area contributed by atoms with Crippen molar-refractivity contribution in [3.8, 4) is 11.5 Å². The van der Waals surface area contributed by atoms with Gasteiger partial charge in [-0.25, -0.2) is 9.97 Å². The second-order valence-corrected chi connectivity index (χ2v) is 8.08. The van der Waals surface area contributed by atoms with Crippen LogP contribution in [0.1, 0.15) is 37.7 Å². The van der Waals surface area contributed by atoms with E-state index in [2.05, 4.69) is 25.7 Å². The van der Waals surface area contributed by atoms with Crippen molar-refractivity contribution >= 4 is 29.1 Å². The maximum atomic E-state index is 12.8. The zero-order valence-corrected chi connectivity index (χ0v) is 18.0. The summed E-state index contributed by atoms with van der Waals surface area (Å²) in [5, 5.41) is 10.3. The molecule has 0 aliphatic carbocycles. The number of hydrogen-bond donors (Lipinski definition) is 2. The van der Waals surface area contributed by atoms with Crippen LogP contribution in [0.25, 0.3) is 11.5 Å². The van der Waals surface area contributed by atoms with Crippen molar-refractivity contribution in [3.63, 3.8) is 0 Å². The number of amides is 2. The number of aryl methyl sites for hydroxylation is 1. The molecule has 0 atom stereocenters. The largest absolute Gasteiger partial charge is 0.444 e. The van der Waals surface area contributed by atoms with Crippen LogP contribution in [0.4, 0.5) is 17.3 Å². The summed E-state index contributed by atoms with van der Waals surface area (Å²) in [5.74, 6) is 0.979. The highest BCUT2D eigenvalue weighted by atomic mass is 16.3. The molecule has 10 nitrogen and oxygen atoms in total. The minimum Gasteiger partial charge on any atom is -0.444 e. The average molecular weight is 423 g/mol. The van der Waals surface area contributed by atoms with Gasteiger partial charge in [0.1, 0.15) is 17.8 Å². The highest BCUT2D eigenvalue weighted by Gasteiger charge is 2.41. The van der Waals surface area contributed by atoms with Gasteiger partial charge in [-0.2, -0.15) is 5.10 Å². The Morgan fingerprint density at radius 1 is 1.35 bits per heavy atom.